The fourth-order valence-electron chi connectivity index (χ4n) is 5.14. The number of anilines is 1. The predicted octanol–water partition coefficient (Wildman–Crippen LogP) is 5.74. The number of nitrogens with one attached hydrogen (secondary N) is 1. The molecule has 2 saturated carbocycles. The highest BCUT2D eigenvalue weighted by atomic mass is 32.2. The average Bonchev–Trinajstić information content (AvgIpc) is 3.27. The summed E-state index contributed by atoms with van der Waals surface area (Å²) in [5.41, 5.74) is -4.10. The molecule has 0 bridgehead atoms. The first-order chi connectivity index (χ1) is 16.5. The number of carbonyl (C=O) groups is 1. The lowest BCUT2D eigenvalue weighted by Gasteiger charge is -2.44. The number of alkyl halides is 7. The summed E-state index contributed by atoms with van der Waals surface area (Å²) < 4.78 is 99.4. The second kappa shape index (κ2) is 8.80. The van der Waals surface area contributed by atoms with Crippen molar-refractivity contribution in [3.05, 3.63) is 35.3 Å². The number of nitrogens with zero attached hydrogens (tertiary/aromatic N) is 3. The van der Waals surface area contributed by atoms with Gasteiger partial charge in [-0.05, 0) is 18.1 Å². The standard InChI is InChI=1S/C22H23F7N4O2S/c1-19(9-21(25,26)10-19)11-32-17(18(34)30-13-4-6-33(35)14(7-13)36-2)15(22(27,28)29)16(31-32)12-3-5-20(23,24)8-12/h4,6-7,12,35H,3,5,8-11H2,1-2H3/p+1. The first-order valence-corrected chi connectivity index (χ1v) is 12.3. The van der Waals surface area contributed by atoms with E-state index in [0.29, 0.717) is 0 Å². The number of aromatic nitrogens is 3. The summed E-state index contributed by atoms with van der Waals surface area (Å²) in [4.78, 5) is 13.2. The monoisotopic (exact) mass is 541 g/mol. The van der Waals surface area contributed by atoms with E-state index in [2.05, 4.69) is 10.4 Å². The van der Waals surface area contributed by atoms with E-state index in [0.717, 1.165) is 21.2 Å². The summed E-state index contributed by atoms with van der Waals surface area (Å²) in [5, 5.41) is 16.3. The Hall–Kier alpha value is -2.51. The first-order valence-electron chi connectivity index (χ1n) is 11.1. The molecule has 14 heteroatoms. The summed E-state index contributed by atoms with van der Waals surface area (Å²) in [6.45, 7) is 1.03. The van der Waals surface area contributed by atoms with Crippen molar-refractivity contribution in [3.8, 4) is 0 Å². The highest BCUT2D eigenvalue weighted by Crippen LogP contribution is 2.53. The molecule has 2 heterocycles. The van der Waals surface area contributed by atoms with Crippen LogP contribution in [0.2, 0.25) is 0 Å². The van der Waals surface area contributed by atoms with Gasteiger partial charge in [0, 0.05) is 55.0 Å². The van der Waals surface area contributed by atoms with Crippen molar-refractivity contribution in [1.29, 1.82) is 0 Å². The molecular weight excluding hydrogens is 517 g/mol. The van der Waals surface area contributed by atoms with Crippen molar-refractivity contribution in [2.24, 2.45) is 5.41 Å². The third-order valence-corrected chi connectivity index (χ3v) is 7.26. The van der Waals surface area contributed by atoms with Gasteiger partial charge in [0.15, 0.2) is 0 Å². The largest absolute Gasteiger partial charge is 0.420 e. The van der Waals surface area contributed by atoms with Crippen LogP contribution >= 0.6 is 11.8 Å². The average molecular weight is 542 g/mol. The van der Waals surface area contributed by atoms with Crippen LogP contribution in [-0.4, -0.2) is 39.0 Å². The molecule has 4 rings (SSSR count). The van der Waals surface area contributed by atoms with Gasteiger partial charge >= 0.3 is 6.18 Å². The zero-order valence-corrected chi connectivity index (χ0v) is 20.1. The maximum Gasteiger partial charge on any atom is 0.420 e. The van der Waals surface area contributed by atoms with E-state index in [-0.39, 0.29) is 17.1 Å². The fourth-order valence-corrected chi connectivity index (χ4v) is 5.63. The second-order valence-corrected chi connectivity index (χ2v) is 10.7. The van der Waals surface area contributed by atoms with Crippen LogP contribution in [0.4, 0.5) is 36.4 Å². The predicted molar refractivity (Wildman–Crippen MR) is 115 cm³/mol. The molecule has 0 spiro atoms. The molecule has 1 amide bonds. The van der Waals surface area contributed by atoms with E-state index in [9.17, 15) is 40.7 Å². The fraction of sp³-hybridized carbons (Fsp3) is 0.591. The van der Waals surface area contributed by atoms with Crippen LogP contribution in [-0.2, 0) is 12.7 Å². The number of amides is 1. The lowest BCUT2D eigenvalue weighted by molar-refractivity contribution is -0.932. The van der Waals surface area contributed by atoms with Gasteiger partial charge in [0.25, 0.3) is 10.9 Å². The zero-order chi connectivity index (χ0) is 26.7. The Morgan fingerprint density at radius 2 is 1.94 bits per heavy atom. The number of carbonyl (C=O) groups excluding carboxylic acids is 1. The lowest BCUT2D eigenvalue weighted by atomic mass is 9.67. The molecule has 0 saturated heterocycles. The Morgan fingerprint density at radius 1 is 1.28 bits per heavy atom. The molecule has 2 aliphatic rings. The van der Waals surface area contributed by atoms with Gasteiger partial charge in [-0.15, -0.1) is 0 Å². The normalized spacial score (nSPS) is 22.3. The van der Waals surface area contributed by atoms with Gasteiger partial charge in [0.2, 0.25) is 18.0 Å². The van der Waals surface area contributed by atoms with Gasteiger partial charge in [0.1, 0.15) is 11.3 Å². The van der Waals surface area contributed by atoms with Crippen molar-refractivity contribution < 1.29 is 45.5 Å². The SMILES string of the molecule is CSc1cc(NC(=O)c2c(C(F)(F)F)c(C3CCC(F)(F)C3)nn2CC2(C)CC(F)(F)C2)cc[n+]1O. The third kappa shape index (κ3) is 5.28. The maximum atomic E-state index is 14.3. The van der Waals surface area contributed by atoms with Crippen LogP contribution in [0.1, 0.15) is 66.7 Å². The van der Waals surface area contributed by atoms with E-state index in [4.69, 9.17) is 0 Å². The zero-order valence-electron chi connectivity index (χ0n) is 19.3. The molecule has 6 nitrogen and oxygen atoms in total. The van der Waals surface area contributed by atoms with E-state index in [1.165, 1.54) is 25.3 Å². The van der Waals surface area contributed by atoms with Gasteiger partial charge in [0.05, 0.1) is 11.4 Å². The van der Waals surface area contributed by atoms with Crippen LogP contribution in [0.3, 0.4) is 0 Å². The van der Waals surface area contributed by atoms with Crippen LogP contribution in [0.15, 0.2) is 23.4 Å². The Kier molecular flexibility index (Phi) is 6.49. The number of halogens is 7. The van der Waals surface area contributed by atoms with E-state index in [1.54, 1.807) is 6.26 Å². The topological polar surface area (TPSA) is 71.0 Å². The summed E-state index contributed by atoms with van der Waals surface area (Å²) in [7, 11) is 0. The molecule has 36 heavy (non-hydrogen) atoms. The molecular formula is C22H24F7N4O2S+. The minimum Gasteiger partial charge on any atom is -0.320 e. The molecule has 2 aromatic heterocycles. The molecule has 2 fully saturated rings. The number of rotatable bonds is 6. The number of thioether (sulfide) groups is 1. The van der Waals surface area contributed by atoms with E-state index >= 15 is 0 Å². The summed E-state index contributed by atoms with van der Waals surface area (Å²) in [6.07, 6.45) is -5.24. The number of hydrogen-bond acceptors (Lipinski definition) is 4. The van der Waals surface area contributed by atoms with Crippen LogP contribution in [0.25, 0.3) is 0 Å². The highest BCUT2D eigenvalue weighted by molar-refractivity contribution is 7.98. The van der Waals surface area contributed by atoms with Crippen molar-refractivity contribution >= 4 is 23.4 Å². The molecule has 1 unspecified atom stereocenters. The molecule has 0 aromatic carbocycles. The Morgan fingerprint density at radius 3 is 2.47 bits per heavy atom. The molecule has 198 valence electrons. The van der Waals surface area contributed by atoms with Crippen molar-refractivity contribution in [2.75, 3.05) is 11.6 Å². The second-order valence-electron chi connectivity index (χ2n) is 9.84. The minimum absolute atomic E-state index is 0.0610. The third-order valence-electron chi connectivity index (χ3n) is 6.54. The van der Waals surface area contributed by atoms with Gasteiger partial charge < -0.3 is 5.32 Å². The van der Waals surface area contributed by atoms with Crippen LogP contribution in [0, 0.1) is 5.41 Å². The Labute approximate surface area is 205 Å². The van der Waals surface area contributed by atoms with Crippen molar-refractivity contribution in [2.45, 2.75) is 74.5 Å². The molecule has 1 atom stereocenters. The molecule has 2 aromatic rings. The quantitative estimate of drug-likeness (QED) is 0.212. The summed E-state index contributed by atoms with van der Waals surface area (Å²) >= 11 is 1.10. The van der Waals surface area contributed by atoms with E-state index < -0.39 is 84.4 Å². The molecule has 2 N–H and O–H groups in total. The lowest BCUT2D eigenvalue weighted by Crippen LogP contribution is -2.47. The van der Waals surface area contributed by atoms with Gasteiger partial charge in [-0.2, -0.15) is 18.3 Å². The van der Waals surface area contributed by atoms with E-state index in [1.807, 2.05) is 0 Å². The Balaban J connectivity index is 1.79. The van der Waals surface area contributed by atoms with Gasteiger partial charge in [-0.1, -0.05) is 18.7 Å². The molecule has 0 aliphatic heterocycles. The van der Waals surface area contributed by atoms with Gasteiger partial charge in [-0.25, -0.2) is 17.6 Å². The Bertz CT molecular complexity index is 1170. The van der Waals surface area contributed by atoms with Crippen LogP contribution < -0.4 is 10.0 Å². The van der Waals surface area contributed by atoms with Gasteiger partial charge in [-0.3, -0.25) is 14.7 Å². The number of hydrogen-bond donors (Lipinski definition) is 2. The molecule has 2 aliphatic carbocycles. The minimum atomic E-state index is -5.11. The first kappa shape index (κ1) is 26.6. The van der Waals surface area contributed by atoms with Crippen LogP contribution in [0.5, 0.6) is 0 Å². The highest BCUT2D eigenvalue weighted by Gasteiger charge is 2.55. The van der Waals surface area contributed by atoms with Crippen molar-refractivity contribution in [1.82, 2.24) is 9.78 Å². The summed E-state index contributed by atoms with van der Waals surface area (Å²) in [6, 6.07) is 2.57. The number of pyridine rings is 1. The smallest absolute Gasteiger partial charge is 0.320 e. The maximum absolute atomic E-state index is 14.3. The molecule has 0 radical (unpaired) electrons. The summed E-state index contributed by atoms with van der Waals surface area (Å²) in [5.74, 6) is -8.61. The van der Waals surface area contributed by atoms with Crippen molar-refractivity contribution in [3.63, 3.8) is 0 Å².